The summed E-state index contributed by atoms with van der Waals surface area (Å²) in [5, 5.41) is 0.0992. The minimum absolute atomic E-state index is 0.0494. The zero-order valence-electron chi connectivity index (χ0n) is 20.0. The molecule has 0 aromatic carbocycles. The quantitative estimate of drug-likeness (QED) is 0.142. The Morgan fingerprint density at radius 2 is 1.83 bits per heavy atom. The summed E-state index contributed by atoms with van der Waals surface area (Å²) in [6, 6.07) is 0. The lowest BCUT2D eigenvalue weighted by Crippen LogP contribution is -2.47. The van der Waals surface area contributed by atoms with Crippen molar-refractivity contribution >= 4 is 19.9 Å². The minimum Gasteiger partial charge on any atom is -0.544 e. The average molecular weight is 417 g/mol. The second-order valence-corrected chi connectivity index (χ2v) is 14.8. The summed E-state index contributed by atoms with van der Waals surface area (Å²) in [4.78, 5) is 25.9. The maximum Gasteiger partial charge on any atom is 0.250 e. The molecule has 0 saturated heterocycles. The van der Waals surface area contributed by atoms with E-state index < -0.39 is 13.7 Å². The van der Waals surface area contributed by atoms with Crippen LogP contribution in [0.5, 0.6) is 0 Å². The van der Waals surface area contributed by atoms with Gasteiger partial charge in [0.1, 0.15) is 5.78 Å². The van der Waals surface area contributed by atoms with Crippen molar-refractivity contribution < 1.29 is 14.0 Å². The molecule has 1 aliphatic rings. The zero-order chi connectivity index (χ0) is 22.8. The van der Waals surface area contributed by atoms with Gasteiger partial charge in [-0.15, -0.1) is 0 Å². The van der Waals surface area contributed by atoms with E-state index in [1.54, 1.807) is 6.92 Å². The molecule has 0 N–H and O–H groups in total. The Bertz CT molecular complexity index is 761. The number of carbonyl (C=O) groups is 2. The molecule has 29 heavy (non-hydrogen) atoms. The number of Topliss-reactive ketones (excluding diaryl/α,β-unsaturated/α-hetero) is 2. The molecule has 0 fully saturated rings. The van der Waals surface area contributed by atoms with Crippen LogP contribution in [-0.2, 0) is 14.0 Å². The highest BCUT2D eigenvalue weighted by atomic mass is 28.4. The van der Waals surface area contributed by atoms with Crippen molar-refractivity contribution in [3.05, 3.63) is 47.8 Å². The smallest absolute Gasteiger partial charge is 0.250 e. The zero-order valence-corrected chi connectivity index (χ0v) is 21.0. The van der Waals surface area contributed by atoms with Gasteiger partial charge in [0.15, 0.2) is 5.78 Å². The molecule has 1 rings (SSSR count). The summed E-state index contributed by atoms with van der Waals surface area (Å²) >= 11 is 0. The minimum atomic E-state index is -1.95. The molecule has 0 unspecified atom stereocenters. The number of hydrogen-bond donors (Lipinski definition) is 0. The van der Waals surface area contributed by atoms with Gasteiger partial charge in [0.05, 0.1) is 11.2 Å². The Morgan fingerprint density at radius 1 is 1.28 bits per heavy atom. The standard InChI is InChI=1S/C25H40O3Si/c1-17(2)22-15-14-19(4)23(27)25(22,21(6)26)16-12-13-18(3)20(5)28-29(10,11)24(7,8)9/h13-14,22H,1,5,12,15-16H2,2-4,6-11H3/b18-13+/t22-,25+/m1/s1. The third-order valence-electron chi connectivity index (χ3n) is 6.85. The fourth-order valence-corrected chi connectivity index (χ4v) is 4.84. The lowest BCUT2D eigenvalue weighted by molar-refractivity contribution is -0.141. The third-order valence-corrected chi connectivity index (χ3v) is 11.2. The Hall–Kier alpha value is -1.68. The van der Waals surface area contributed by atoms with E-state index in [1.807, 2.05) is 26.8 Å². The van der Waals surface area contributed by atoms with Crippen molar-refractivity contribution in [2.45, 2.75) is 85.9 Å². The highest BCUT2D eigenvalue weighted by molar-refractivity contribution is 6.74. The second-order valence-electron chi connectivity index (χ2n) is 10.1. The highest BCUT2D eigenvalue weighted by Gasteiger charge is 2.50. The van der Waals surface area contributed by atoms with Gasteiger partial charge >= 0.3 is 0 Å². The molecule has 0 saturated carbocycles. The molecule has 0 aromatic heterocycles. The molecule has 0 radical (unpaired) electrons. The van der Waals surface area contributed by atoms with Gasteiger partial charge < -0.3 is 4.43 Å². The maximum atomic E-state index is 13.1. The Balaban J connectivity index is 3.07. The van der Waals surface area contributed by atoms with Gasteiger partial charge in [0.2, 0.25) is 8.32 Å². The van der Waals surface area contributed by atoms with Crippen LogP contribution in [0.4, 0.5) is 0 Å². The van der Waals surface area contributed by atoms with Crippen LogP contribution in [0.1, 0.15) is 67.7 Å². The normalized spacial score (nSPS) is 23.5. The first-order valence-electron chi connectivity index (χ1n) is 10.5. The molecule has 0 amide bonds. The van der Waals surface area contributed by atoms with Gasteiger partial charge in [-0.2, -0.15) is 0 Å². The maximum absolute atomic E-state index is 13.1. The van der Waals surface area contributed by atoms with Crippen LogP contribution in [-0.4, -0.2) is 19.9 Å². The van der Waals surface area contributed by atoms with Gasteiger partial charge in [-0.3, -0.25) is 9.59 Å². The number of ketones is 2. The van der Waals surface area contributed by atoms with E-state index in [0.717, 1.165) is 11.1 Å². The van der Waals surface area contributed by atoms with Crippen LogP contribution in [0, 0.1) is 11.3 Å². The van der Waals surface area contributed by atoms with E-state index in [1.165, 1.54) is 0 Å². The second kappa shape index (κ2) is 8.99. The fraction of sp³-hybridized carbons (Fsp3) is 0.600. The van der Waals surface area contributed by atoms with Crippen molar-refractivity contribution in [2.75, 3.05) is 0 Å². The first kappa shape index (κ1) is 25.4. The van der Waals surface area contributed by atoms with Gasteiger partial charge in [0.25, 0.3) is 0 Å². The van der Waals surface area contributed by atoms with Gasteiger partial charge in [-0.1, -0.05) is 51.7 Å². The van der Waals surface area contributed by atoms with Gasteiger partial charge in [-0.25, -0.2) is 0 Å². The molecule has 3 nitrogen and oxygen atoms in total. The van der Waals surface area contributed by atoms with Crippen molar-refractivity contribution in [3.63, 3.8) is 0 Å². The molecular formula is C25H40O3Si. The molecule has 0 heterocycles. The fourth-order valence-electron chi connectivity index (χ4n) is 3.76. The number of rotatable bonds is 8. The SMILES string of the molecule is C=C(O[Si](C)(C)C(C)(C)C)/C(C)=C/CC[C@@]1(C(C)=O)C(=O)C(C)=CC[C@@H]1C(=C)C. The van der Waals surface area contributed by atoms with Gasteiger partial charge in [0, 0.05) is 5.92 Å². The molecule has 0 spiro atoms. The van der Waals surface area contributed by atoms with Gasteiger partial charge in [-0.05, 0) is 76.2 Å². The lowest BCUT2D eigenvalue weighted by Gasteiger charge is -2.40. The monoisotopic (exact) mass is 416 g/mol. The van der Waals surface area contributed by atoms with E-state index in [4.69, 9.17) is 4.43 Å². The van der Waals surface area contributed by atoms with E-state index in [9.17, 15) is 9.59 Å². The lowest BCUT2D eigenvalue weighted by atomic mass is 9.59. The van der Waals surface area contributed by atoms with Crippen LogP contribution in [0.2, 0.25) is 18.1 Å². The Labute approximate surface area is 179 Å². The van der Waals surface area contributed by atoms with E-state index in [0.29, 0.717) is 30.6 Å². The molecule has 0 aromatic rings. The Morgan fingerprint density at radius 3 is 2.28 bits per heavy atom. The molecule has 1 aliphatic carbocycles. The molecule has 162 valence electrons. The number of hydrogen-bond acceptors (Lipinski definition) is 3. The van der Waals surface area contributed by atoms with Crippen molar-refractivity contribution in [1.82, 2.24) is 0 Å². The first-order valence-corrected chi connectivity index (χ1v) is 13.4. The van der Waals surface area contributed by atoms with Crippen LogP contribution in [0.15, 0.2) is 47.8 Å². The average Bonchev–Trinajstić information content (AvgIpc) is 2.56. The predicted molar refractivity (Wildman–Crippen MR) is 125 cm³/mol. The molecule has 4 heteroatoms. The first-order chi connectivity index (χ1) is 13.1. The topological polar surface area (TPSA) is 43.4 Å². The summed E-state index contributed by atoms with van der Waals surface area (Å²) in [6.07, 6.45) is 5.79. The molecule has 0 aliphatic heterocycles. The van der Waals surface area contributed by atoms with Crippen LogP contribution in [0.25, 0.3) is 0 Å². The third kappa shape index (κ3) is 5.27. The molecule has 0 bridgehead atoms. The number of carbonyl (C=O) groups excluding carboxylic acids is 2. The van der Waals surface area contributed by atoms with Crippen LogP contribution >= 0.6 is 0 Å². The van der Waals surface area contributed by atoms with E-state index in [-0.39, 0.29) is 22.5 Å². The number of allylic oxidation sites excluding steroid dienone is 5. The molecule has 2 atom stereocenters. The summed E-state index contributed by atoms with van der Waals surface area (Å²) in [5.41, 5.74) is 1.53. The highest BCUT2D eigenvalue weighted by Crippen LogP contribution is 2.46. The van der Waals surface area contributed by atoms with E-state index in [2.05, 4.69) is 53.1 Å². The van der Waals surface area contributed by atoms with Crippen molar-refractivity contribution in [1.29, 1.82) is 0 Å². The summed E-state index contributed by atoms with van der Waals surface area (Å²) in [6.45, 7) is 26.5. The molecular weight excluding hydrogens is 376 g/mol. The Kier molecular flexibility index (Phi) is 7.86. The summed E-state index contributed by atoms with van der Waals surface area (Å²) in [7, 11) is -1.95. The van der Waals surface area contributed by atoms with Crippen LogP contribution < -0.4 is 0 Å². The summed E-state index contributed by atoms with van der Waals surface area (Å²) < 4.78 is 6.30. The van der Waals surface area contributed by atoms with Crippen LogP contribution in [0.3, 0.4) is 0 Å². The van der Waals surface area contributed by atoms with E-state index >= 15 is 0 Å². The predicted octanol–water partition coefficient (Wildman–Crippen LogP) is 6.94. The van der Waals surface area contributed by atoms with Crippen molar-refractivity contribution in [3.8, 4) is 0 Å². The summed E-state index contributed by atoms with van der Waals surface area (Å²) in [5.74, 6) is 0.435. The largest absolute Gasteiger partial charge is 0.544 e. The van der Waals surface area contributed by atoms with Crippen molar-refractivity contribution in [2.24, 2.45) is 11.3 Å².